The number of aromatic nitrogens is 1. The van der Waals surface area contributed by atoms with E-state index in [1.807, 2.05) is 0 Å². The lowest BCUT2D eigenvalue weighted by molar-refractivity contribution is -0.124. The molecule has 8 heteroatoms. The molecule has 1 N–H and O–H groups in total. The van der Waals surface area contributed by atoms with Crippen molar-refractivity contribution in [2.45, 2.75) is 45.1 Å². The number of nitrogens with zero attached hydrogens (tertiary/aromatic N) is 2. The minimum Gasteiger partial charge on any atom is -0.449 e. The standard InChI is InChI=1S/C19H18ClN3O3S/c1-2-14(26-19(25)12-7-5-9-22-16(12)20)17(24)23-18-13(10-21)11-6-3-4-8-15(11)27-18/h5,7,9,14H,2-4,6,8H2,1H3,(H,23,24). The minimum atomic E-state index is -0.987. The molecule has 1 aliphatic carbocycles. The van der Waals surface area contributed by atoms with Gasteiger partial charge in [0.05, 0.1) is 11.1 Å². The summed E-state index contributed by atoms with van der Waals surface area (Å²) in [5.74, 6) is -1.16. The fourth-order valence-electron chi connectivity index (χ4n) is 3.02. The van der Waals surface area contributed by atoms with E-state index in [2.05, 4.69) is 16.4 Å². The molecule has 0 radical (unpaired) electrons. The van der Waals surface area contributed by atoms with Crippen LogP contribution < -0.4 is 5.32 Å². The van der Waals surface area contributed by atoms with Crippen molar-refractivity contribution in [3.63, 3.8) is 0 Å². The maximum atomic E-state index is 12.6. The second-order valence-corrected chi connectivity index (χ2v) is 7.62. The highest BCUT2D eigenvalue weighted by molar-refractivity contribution is 7.16. The third kappa shape index (κ3) is 4.12. The molecular weight excluding hydrogens is 386 g/mol. The van der Waals surface area contributed by atoms with Crippen molar-refractivity contribution in [2.75, 3.05) is 5.32 Å². The molecule has 3 rings (SSSR count). The van der Waals surface area contributed by atoms with E-state index in [9.17, 15) is 14.9 Å². The van der Waals surface area contributed by atoms with Crippen LogP contribution in [0.25, 0.3) is 0 Å². The van der Waals surface area contributed by atoms with Crippen molar-refractivity contribution < 1.29 is 14.3 Å². The van der Waals surface area contributed by atoms with Crippen molar-refractivity contribution in [2.24, 2.45) is 0 Å². The van der Waals surface area contributed by atoms with Crippen molar-refractivity contribution in [1.29, 1.82) is 5.26 Å². The molecule has 140 valence electrons. The Hall–Kier alpha value is -2.43. The number of fused-ring (bicyclic) bond motifs is 1. The average Bonchev–Trinajstić information content (AvgIpc) is 3.02. The molecule has 2 aromatic rings. The third-order valence-corrected chi connectivity index (χ3v) is 5.92. The largest absolute Gasteiger partial charge is 0.449 e. The number of rotatable bonds is 5. The molecule has 1 unspecified atom stereocenters. The van der Waals surface area contributed by atoms with Gasteiger partial charge in [-0.05, 0) is 49.8 Å². The molecule has 1 atom stereocenters. The quantitative estimate of drug-likeness (QED) is 0.598. The summed E-state index contributed by atoms with van der Waals surface area (Å²) in [5, 5.41) is 12.8. The first-order chi connectivity index (χ1) is 13.0. The maximum absolute atomic E-state index is 12.6. The molecule has 0 spiro atoms. The highest BCUT2D eigenvalue weighted by Crippen LogP contribution is 2.37. The summed E-state index contributed by atoms with van der Waals surface area (Å²) in [7, 11) is 0. The Bertz CT molecular complexity index is 919. The van der Waals surface area contributed by atoms with Crippen LogP contribution in [-0.2, 0) is 22.4 Å². The van der Waals surface area contributed by atoms with Crippen LogP contribution in [0.5, 0.6) is 0 Å². The zero-order chi connectivity index (χ0) is 19.4. The predicted octanol–water partition coefficient (Wildman–Crippen LogP) is 4.12. The lowest BCUT2D eigenvalue weighted by atomic mass is 9.96. The van der Waals surface area contributed by atoms with Crippen LogP contribution >= 0.6 is 22.9 Å². The second-order valence-electron chi connectivity index (χ2n) is 6.16. The van der Waals surface area contributed by atoms with E-state index < -0.39 is 18.0 Å². The highest BCUT2D eigenvalue weighted by Gasteiger charge is 2.27. The van der Waals surface area contributed by atoms with Gasteiger partial charge in [-0.15, -0.1) is 11.3 Å². The Morgan fingerprint density at radius 1 is 1.44 bits per heavy atom. The summed E-state index contributed by atoms with van der Waals surface area (Å²) in [6.07, 6.45) is 4.69. The zero-order valence-corrected chi connectivity index (χ0v) is 16.3. The molecule has 0 saturated carbocycles. The van der Waals surface area contributed by atoms with Crippen LogP contribution in [0.15, 0.2) is 18.3 Å². The number of hydrogen-bond donors (Lipinski definition) is 1. The van der Waals surface area contributed by atoms with Crippen LogP contribution in [0, 0.1) is 11.3 Å². The highest BCUT2D eigenvalue weighted by atomic mass is 35.5. The molecule has 0 fully saturated rings. The van der Waals surface area contributed by atoms with Crippen molar-refractivity contribution >= 4 is 39.8 Å². The molecule has 6 nitrogen and oxygen atoms in total. The molecule has 2 heterocycles. The van der Waals surface area contributed by atoms with Gasteiger partial charge in [0.15, 0.2) is 6.10 Å². The number of carbonyl (C=O) groups excluding carboxylic acids is 2. The summed E-state index contributed by atoms with van der Waals surface area (Å²) in [6.45, 7) is 1.74. The van der Waals surface area contributed by atoms with E-state index in [1.165, 1.54) is 23.6 Å². The van der Waals surface area contributed by atoms with Gasteiger partial charge in [-0.1, -0.05) is 18.5 Å². The number of amides is 1. The van der Waals surface area contributed by atoms with Crippen molar-refractivity contribution in [3.05, 3.63) is 45.1 Å². The lowest BCUT2D eigenvalue weighted by Gasteiger charge is -2.16. The molecule has 1 aliphatic rings. The third-order valence-electron chi connectivity index (χ3n) is 4.41. The topological polar surface area (TPSA) is 92.1 Å². The Balaban J connectivity index is 1.75. The van der Waals surface area contributed by atoms with Gasteiger partial charge in [0.2, 0.25) is 0 Å². The van der Waals surface area contributed by atoms with E-state index in [0.29, 0.717) is 17.0 Å². The smallest absolute Gasteiger partial charge is 0.342 e. The van der Waals surface area contributed by atoms with Crippen LogP contribution in [0.3, 0.4) is 0 Å². The number of nitrogens with one attached hydrogen (secondary N) is 1. The number of ether oxygens (including phenoxy) is 1. The number of carbonyl (C=O) groups is 2. The van der Waals surface area contributed by atoms with E-state index in [1.54, 1.807) is 13.0 Å². The first-order valence-corrected chi connectivity index (χ1v) is 9.91. The zero-order valence-electron chi connectivity index (χ0n) is 14.8. The fraction of sp³-hybridized carbons (Fsp3) is 0.368. The normalized spacial score (nSPS) is 14.0. The fourth-order valence-corrected chi connectivity index (χ4v) is 4.46. The van der Waals surface area contributed by atoms with Gasteiger partial charge in [-0.3, -0.25) is 4.79 Å². The number of pyridine rings is 1. The molecular formula is C19H18ClN3O3S. The predicted molar refractivity (Wildman–Crippen MR) is 103 cm³/mol. The number of esters is 1. The molecule has 27 heavy (non-hydrogen) atoms. The molecule has 2 aromatic heterocycles. The van der Waals surface area contributed by atoms with Crippen molar-refractivity contribution in [1.82, 2.24) is 4.98 Å². The van der Waals surface area contributed by atoms with E-state index in [0.717, 1.165) is 36.1 Å². The van der Waals surface area contributed by atoms with Gasteiger partial charge in [0, 0.05) is 11.1 Å². The summed E-state index contributed by atoms with van der Waals surface area (Å²) >= 11 is 7.34. The molecule has 0 aliphatic heterocycles. The van der Waals surface area contributed by atoms with Crippen LogP contribution in [0.4, 0.5) is 5.00 Å². The molecule has 0 saturated heterocycles. The summed E-state index contributed by atoms with van der Waals surface area (Å²) in [5.41, 5.74) is 1.67. The summed E-state index contributed by atoms with van der Waals surface area (Å²) < 4.78 is 5.32. The Kier molecular flexibility index (Phi) is 6.09. The van der Waals surface area contributed by atoms with Gasteiger partial charge < -0.3 is 10.1 Å². The summed E-state index contributed by atoms with van der Waals surface area (Å²) in [6, 6.07) is 5.26. The molecule has 1 amide bonds. The van der Waals surface area contributed by atoms with Crippen LogP contribution in [-0.4, -0.2) is 23.0 Å². The minimum absolute atomic E-state index is 0.0236. The maximum Gasteiger partial charge on any atom is 0.342 e. The average molecular weight is 404 g/mol. The van der Waals surface area contributed by atoms with Gasteiger partial charge in [0.25, 0.3) is 5.91 Å². The first-order valence-electron chi connectivity index (χ1n) is 8.72. The van der Waals surface area contributed by atoms with Crippen LogP contribution in [0.1, 0.15) is 52.5 Å². The van der Waals surface area contributed by atoms with Gasteiger partial charge in [-0.2, -0.15) is 5.26 Å². The SMILES string of the molecule is CCC(OC(=O)c1cccnc1Cl)C(=O)Nc1sc2c(c1C#N)CCCC2. The molecule has 0 bridgehead atoms. The van der Waals surface area contributed by atoms with E-state index in [4.69, 9.17) is 16.3 Å². The number of hydrogen-bond acceptors (Lipinski definition) is 6. The summed E-state index contributed by atoms with van der Waals surface area (Å²) in [4.78, 5) is 29.9. The monoisotopic (exact) mass is 403 g/mol. The number of aryl methyl sites for hydroxylation is 1. The second kappa shape index (κ2) is 8.51. The van der Waals surface area contributed by atoms with E-state index >= 15 is 0 Å². The van der Waals surface area contributed by atoms with Gasteiger partial charge >= 0.3 is 5.97 Å². The van der Waals surface area contributed by atoms with Gasteiger partial charge in [-0.25, -0.2) is 9.78 Å². The Morgan fingerprint density at radius 3 is 2.93 bits per heavy atom. The Labute approximate surface area is 166 Å². The van der Waals surface area contributed by atoms with E-state index in [-0.39, 0.29) is 10.7 Å². The number of anilines is 1. The van der Waals surface area contributed by atoms with Gasteiger partial charge in [0.1, 0.15) is 16.2 Å². The lowest BCUT2D eigenvalue weighted by Crippen LogP contribution is -2.32. The first kappa shape index (κ1) is 19.3. The number of nitriles is 1. The molecule has 0 aromatic carbocycles. The van der Waals surface area contributed by atoms with Crippen LogP contribution in [0.2, 0.25) is 5.15 Å². The number of halogens is 1. The number of thiophene rings is 1. The van der Waals surface area contributed by atoms with Crippen molar-refractivity contribution in [3.8, 4) is 6.07 Å². The Morgan fingerprint density at radius 2 is 2.22 bits per heavy atom.